The highest BCUT2D eigenvalue weighted by molar-refractivity contribution is 5.65. The fourth-order valence-electron chi connectivity index (χ4n) is 4.19. The van der Waals surface area contributed by atoms with E-state index in [1.54, 1.807) is 13.3 Å². The van der Waals surface area contributed by atoms with Crippen LogP contribution in [0.15, 0.2) is 41.6 Å². The van der Waals surface area contributed by atoms with Gasteiger partial charge in [0.25, 0.3) is 5.56 Å². The molecule has 0 fully saturated rings. The van der Waals surface area contributed by atoms with E-state index in [-0.39, 0.29) is 5.56 Å². The van der Waals surface area contributed by atoms with Crippen LogP contribution < -0.4 is 15.2 Å². The van der Waals surface area contributed by atoms with Crippen molar-refractivity contribution < 1.29 is 4.74 Å². The lowest BCUT2D eigenvalue weighted by Gasteiger charge is -2.31. The van der Waals surface area contributed by atoms with Crippen molar-refractivity contribution in [3.8, 4) is 16.9 Å². The van der Waals surface area contributed by atoms with E-state index >= 15 is 0 Å². The molecule has 0 N–H and O–H groups in total. The number of hydrogen-bond donors (Lipinski definition) is 0. The Labute approximate surface area is 185 Å². The molecule has 0 spiro atoms. The molecule has 4 aromatic rings. The smallest absolute Gasteiger partial charge is 0.274 e. The van der Waals surface area contributed by atoms with Gasteiger partial charge in [0.05, 0.1) is 13.3 Å². The third-order valence-corrected chi connectivity index (χ3v) is 6.07. The van der Waals surface area contributed by atoms with E-state index in [4.69, 9.17) is 14.8 Å². The zero-order valence-corrected chi connectivity index (χ0v) is 18.6. The predicted molar refractivity (Wildman–Crippen MR) is 122 cm³/mol. The number of hydrogen-bond acceptors (Lipinski definition) is 7. The van der Waals surface area contributed by atoms with Gasteiger partial charge < -0.3 is 9.64 Å². The zero-order valence-electron chi connectivity index (χ0n) is 18.6. The normalized spacial score (nSPS) is 13.3. The summed E-state index contributed by atoms with van der Waals surface area (Å²) in [6, 6.07) is 5.63. The van der Waals surface area contributed by atoms with E-state index in [9.17, 15) is 4.79 Å². The van der Waals surface area contributed by atoms with Crippen molar-refractivity contribution in [3.05, 3.63) is 75.2 Å². The molecular formula is C24H24N6O2. The molecule has 0 amide bonds. The van der Waals surface area contributed by atoms with Gasteiger partial charge in [-0.25, -0.2) is 4.98 Å². The average Bonchev–Trinajstić information content (AvgIpc) is 2.81. The molecule has 0 aromatic carbocycles. The summed E-state index contributed by atoms with van der Waals surface area (Å²) in [7, 11) is 1.63. The Morgan fingerprint density at radius 1 is 1.00 bits per heavy atom. The Morgan fingerprint density at radius 3 is 2.62 bits per heavy atom. The highest BCUT2D eigenvalue weighted by atomic mass is 16.5. The minimum Gasteiger partial charge on any atom is -0.495 e. The van der Waals surface area contributed by atoms with Gasteiger partial charge in [-0.05, 0) is 38.5 Å². The lowest BCUT2D eigenvalue weighted by atomic mass is 10.0. The van der Waals surface area contributed by atoms with Gasteiger partial charge in [0, 0.05) is 71.6 Å². The molecule has 5 rings (SSSR count). The lowest BCUT2D eigenvalue weighted by Crippen LogP contribution is -2.34. The van der Waals surface area contributed by atoms with E-state index in [1.165, 1.54) is 10.6 Å². The van der Waals surface area contributed by atoms with Gasteiger partial charge >= 0.3 is 0 Å². The second kappa shape index (κ2) is 7.71. The average molecular weight is 428 g/mol. The molecule has 0 atom stereocenters. The number of aryl methyl sites for hydroxylation is 2. The van der Waals surface area contributed by atoms with Gasteiger partial charge in [0.15, 0.2) is 11.5 Å². The van der Waals surface area contributed by atoms with Crippen molar-refractivity contribution in [2.75, 3.05) is 18.6 Å². The molecule has 8 nitrogen and oxygen atoms in total. The van der Waals surface area contributed by atoms with Crippen LogP contribution in [0.2, 0.25) is 0 Å². The van der Waals surface area contributed by atoms with Gasteiger partial charge in [-0.1, -0.05) is 0 Å². The highest BCUT2D eigenvalue weighted by Crippen LogP contribution is 2.30. The molecular weight excluding hydrogens is 404 g/mol. The first-order chi connectivity index (χ1) is 15.4. The quantitative estimate of drug-likeness (QED) is 0.496. The van der Waals surface area contributed by atoms with Crippen LogP contribution in [0.1, 0.15) is 28.1 Å². The van der Waals surface area contributed by atoms with Crippen LogP contribution >= 0.6 is 0 Å². The van der Waals surface area contributed by atoms with Crippen LogP contribution in [0.25, 0.3) is 16.8 Å². The van der Waals surface area contributed by atoms with E-state index < -0.39 is 0 Å². The molecule has 1 aliphatic heterocycles. The van der Waals surface area contributed by atoms with Crippen molar-refractivity contribution >= 4 is 11.5 Å². The van der Waals surface area contributed by atoms with Crippen molar-refractivity contribution in [2.45, 2.75) is 33.7 Å². The third kappa shape index (κ3) is 3.37. The Balaban J connectivity index is 1.55. The van der Waals surface area contributed by atoms with E-state index in [0.717, 1.165) is 52.3 Å². The SMILES string of the molecule is COc1cncc(-c2cnc3c(c2)CN(c2nn4c(=O)cc(C)nc4c(C)c2C)CC3)c1. The van der Waals surface area contributed by atoms with Crippen molar-refractivity contribution in [1.82, 2.24) is 24.6 Å². The lowest BCUT2D eigenvalue weighted by molar-refractivity contribution is 0.413. The first kappa shape index (κ1) is 20.1. The van der Waals surface area contributed by atoms with Crippen LogP contribution in [-0.4, -0.2) is 38.2 Å². The maximum atomic E-state index is 12.6. The molecule has 32 heavy (non-hydrogen) atoms. The van der Waals surface area contributed by atoms with Gasteiger partial charge in [-0.15, -0.1) is 5.10 Å². The summed E-state index contributed by atoms with van der Waals surface area (Å²) in [6.45, 7) is 7.31. The van der Waals surface area contributed by atoms with Gasteiger partial charge in [0.2, 0.25) is 0 Å². The van der Waals surface area contributed by atoms with Gasteiger partial charge in [-0.2, -0.15) is 4.52 Å². The number of nitrogens with zero attached hydrogens (tertiary/aromatic N) is 6. The number of pyridine rings is 2. The monoisotopic (exact) mass is 428 g/mol. The van der Waals surface area contributed by atoms with Crippen molar-refractivity contribution in [2.24, 2.45) is 0 Å². The maximum Gasteiger partial charge on any atom is 0.274 e. The Bertz CT molecular complexity index is 1410. The summed E-state index contributed by atoms with van der Waals surface area (Å²) >= 11 is 0. The Morgan fingerprint density at radius 2 is 1.81 bits per heavy atom. The zero-order chi connectivity index (χ0) is 22.4. The summed E-state index contributed by atoms with van der Waals surface area (Å²) < 4.78 is 6.72. The first-order valence-corrected chi connectivity index (χ1v) is 10.5. The molecule has 8 heteroatoms. The Kier molecular flexibility index (Phi) is 4.84. The fourth-order valence-corrected chi connectivity index (χ4v) is 4.19. The molecule has 0 saturated carbocycles. The summed E-state index contributed by atoms with van der Waals surface area (Å²) in [5, 5.41) is 4.70. The minimum absolute atomic E-state index is 0.163. The molecule has 4 aromatic heterocycles. The number of fused-ring (bicyclic) bond motifs is 2. The molecule has 0 saturated heterocycles. The molecule has 0 radical (unpaired) electrons. The third-order valence-electron chi connectivity index (χ3n) is 6.07. The molecule has 162 valence electrons. The van der Waals surface area contributed by atoms with Crippen molar-refractivity contribution in [1.29, 1.82) is 0 Å². The topological polar surface area (TPSA) is 85.5 Å². The summed E-state index contributed by atoms with van der Waals surface area (Å²) in [5.74, 6) is 1.52. The van der Waals surface area contributed by atoms with Crippen LogP contribution in [0.3, 0.4) is 0 Å². The van der Waals surface area contributed by atoms with Crippen LogP contribution in [-0.2, 0) is 13.0 Å². The standard InChI is InChI=1S/C24H24N6O2/c1-14-7-22(31)30-23(27-14)15(2)16(3)24(28-30)29-6-5-21-19(13-29)8-17(11-26-21)18-9-20(32-4)12-25-10-18/h7-12H,5-6,13H2,1-4H3. The number of methoxy groups -OCH3 is 1. The summed E-state index contributed by atoms with van der Waals surface area (Å²) in [5.41, 5.74) is 7.34. The predicted octanol–water partition coefficient (Wildman–Crippen LogP) is 3.04. The molecule has 0 bridgehead atoms. The van der Waals surface area contributed by atoms with Crippen LogP contribution in [0, 0.1) is 20.8 Å². The van der Waals surface area contributed by atoms with Crippen molar-refractivity contribution in [3.63, 3.8) is 0 Å². The molecule has 0 aliphatic carbocycles. The first-order valence-electron chi connectivity index (χ1n) is 10.5. The second-order valence-corrected chi connectivity index (χ2v) is 8.16. The number of ether oxygens (including phenoxy) is 1. The number of rotatable bonds is 3. The molecule has 0 unspecified atom stereocenters. The van der Waals surface area contributed by atoms with Crippen LogP contribution in [0.4, 0.5) is 5.82 Å². The molecule has 1 aliphatic rings. The minimum atomic E-state index is -0.163. The number of aromatic nitrogens is 5. The molecule has 5 heterocycles. The number of anilines is 1. The maximum absolute atomic E-state index is 12.6. The van der Waals surface area contributed by atoms with Crippen LogP contribution in [0.5, 0.6) is 5.75 Å². The van der Waals surface area contributed by atoms with Gasteiger partial charge in [-0.3, -0.25) is 14.8 Å². The largest absolute Gasteiger partial charge is 0.495 e. The van der Waals surface area contributed by atoms with E-state index in [1.807, 2.05) is 39.2 Å². The summed E-state index contributed by atoms with van der Waals surface area (Å²) in [4.78, 5) is 28.3. The van der Waals surface area contributed by atoms with E-state index in [0.29, 0.717) is 23.6 Å². The second-order valence-electron chi connectivity index (χ2n) is 8.16. The summed E-state index contributed by atoms with van der Waals surface area (Å²) in [6.07, 6.45) is 6.20. The Hall–Kier alpha value is -3.81. The van der Waals surface area contributed by atoms with E-state index in [2.05, 4.69) is 20.9 Å². The van der Waals surface area contributed by atoms with Gasteiger partial charge in [0.1, 0.15) is 5.75 Å². The fraction of sp³-hybridized carbons (Fsp3) is 0.292. The highest BCUT2D eigenvalue weighted by Gasteiger charge is 2.23.